The fourth-order valence-electron chi connectivity index (χ4n) is 2.23. The van der Waals surface area contributed by atoms with Crippen LogP contribution in [0, 0.1) is 12.7 Å². The number of aryl methyl sites for hydroxylation is 1. The fraction of sp³-hybridized carbons (Fsp3) is 0.118. The molecular weight excluding hydrogens is 361 g/mol. The van der Waals surface area contributed by atoms with Gasteiger partial charge in [0.05, 0.1) is 12.8 Å². The first kappa shape index (κ1) is 17.0. The van der Waals surface area contributed by atoms with E-state index in [4.69, 9.17) is 10.2 Å². The zero-order valence-corrected chi connectivity index (χ0v) is 14.3. The minimum atomic E-state index is -0.318. The number of guanidine groups is 1. The first-order valence-electron chi connectivity index (χ1n) is 6.91. The van der Waals surface area contributed by atoms with Crippen LogP contribution in [0.15, 0.2) is 58.1 Å². The third-order valence-corrected chi connectivity index (χ3v) is 3.44. The standard InChI is InChI=1S/C17H16FN3O.BrH/c1-11-6-7-13(18)8-15(11)21-17(19)20-9-12-10-22-16-5-3-2-4-14(12)16;/h2-8,10H,9H2,1H3,(H3,19,20,21);1H. The molecule has 2 aromatic carbocycles. The number of rotatable bonds is 3. The molecule has 3 rings (SSSR count). The van der Waals surface area contributed by atoms with E-state index < -0.39 is 0 Å². The summed E-state index contributed by atoms with van der Waals surface area (Å²) in [6.45, 7) is 2.27. The number of nitrogens with two attached hydrogens (primary N) is 1. The number of nitrogens with zero attached hydrogens (tertiary/aromatic N) is 1. The van der Waals surface area contributed by atoms with Crippen LogP contribution in [0.5, 0.6) is 0 Å². The highest BCUT2D eigenvalue weighted by molar-refractivity contribution is 8.93. The first-order chi connectivity index (χ1) is 10.6. The Morgan fingerprint density at radius 2 is 2.04 bits per heavy atom. The Morgan fingerprint density at radius 3 is 2.87 bits per heavy atom. The van der Waals surface area contributed by atoms with E-state index in [9.17, 15) is 4.39 Å². The van der Waals surface area contributed by atoms with Gasteiger partial charge in [-0.05, 0) is 30.7 Å². The van der Waals surface area contributed by atoms with Crippen LogP contribution in [-0.2, 0) is 6.54 Å². The molecule has 0 aliphatic rings. The van der Waals surface area contributed by atoms with Crippen molar-refractivity contribution in [3.8, 4) is 0 Å². The topological polar surface area (TPSA) is 63.5 Å². The second kappa shape index (κ2) is 7.28. The van der Waals surface area contributed by atoms with Gasteiger partial charge in [0.15, 0.2) is 5.96 Å². The van der Waals surface area contributed by atoms with Gasteiger partial charge in [-0.2, -0.15) is 0 Å². The predicted octanol–water partition coefficient (Wildman–Crippen LogP) is 4.39. The summed E-state index contributed by atoms with van der Waals surface area (Å²) in [6.07, 6.45) is 1.68. The van der Waals surface area contributed by atoms with Crippen molar-refractivity contribution < 1.29 is 8.81 Å². The van der Waals surface area contributed by atoms with E-state index in [-0.39, 0.29) is 28.8 Å². The molecule has 0 aliphatic heterocycles. The smallest absolute Gasteiger partial charge is 0.193 e. The van der Waals surface area contributed by atoms with Crippen LogP contribution in [0.1, 0.15) is 11.1 Å². The molecule has 0 unspecified atom stereocenters. The van der Waals surface area contributed by atoms with E-state index >= 15 is 0 Å². The highest BCUT2D eigenvalue weighted by Gasteiger charge is 2.05. The van der Waals surface area contributed by atoms with E-state index in [1.807, 2.05) is 31.2 Å². The zero-order chi connectivity index (χ0) is 15.5. The molecule has 6 heteroatoms. The number of furan rings is 1. The molecule has 0 saturated heterocycles. The van der Waals surface area contributed by atoms with Gasteiger partial charge in [0.2, 0.25) is 0 Å². The quantitative estimate of drug-likeness (QED) is 0.525. The summed E-state index contributed by atoms with van der Waals surface area (Å²) in [7, 11) is 0. The van der Waals surface area contributed by atoms with Gasteiger partial charge >= 0.3 is 0 Å². The lowest BCUT2D eigenvalue weighted by Gasteiger charge is -2.08. The molecule has 0 fully saturated rings. The van der Waals surface area contributed by atoms with E-state index in [2.05, 4.69) is 10.3 Å². The van der Waals surface area contributed by atoms with Crippen LogP contribution in [0.3, 0.4) is 0 Å². The second-order valence-electron chi connectivity index (χ2n) is 5.04. The number of anilines is 1. The Hall–Kier alpha value is -2.34. The number of para-hydroxylation sites is 1. The third kappa shape index (κ3) is 3.90. The van der Waals surface area contributed by atoms with Crippen molar-refractivity contribution >= 4 is 39.6 Å². The maximum atomic E-state index is 13.2. The van der Waals surface area contributed by atoms with Gasteiger partial charge < -0.3 is 15.5 Å². The Balaban J connectivity index is 0.00000192. The lowest BCUT2D eigenvalue weighted by Crippen LogP contribution is -2.23. The average molecular weight is 378 g/mol. The third-order valence-electron chi connectivity index (χ3n) is 3.44. The van der Waals surface area contributed by atoms with Gasteiger partial charge in [-0.3, -0.25) is 0 Å². The average Bonchev–Trinajstić information content (AvgIpc) is 2.92. The maximum absolute atomic E-state index is 13.2. The van der Waals surface area contributed by atoms with Crippen LogP contribution >= 0.6 is 17.0 Å². The molecule has 0 amide bonds. The van der Waals surface area contributed by atoms with Crippen molar-refractivity contribution in [3.05, 3.63) is 65.7 Å². The van der Waals surface area contributed by atoms with Gasteiger partial charge in [-0.15, -0.1) is 17.0 Å². The molecule has 0 radical (unpaired) electrons. The van der Waals surface area contributed by atoms with Crippen molar-refractivity contribution in [2.24, 2.45) is 10.7 Å². The van der Waals surface area contributed by atoms with Crippen molar-refractivity contribution in [3.63, 3.8) is 0 Å². The SMILES string of the molecule is Br.Cc1ccc(F)cc1NC(N)=NCc1coc2ccccc12. The number of hydrogen-bond donors (Lipinski definition) is 2. The summed E-state index contributed by atoms with van der Waals surface area (Å²) in [5.41, 5.74) is 9.15. The highest BCUT2D eigenvalue weighted by Crippen LogP contribution is 2.21. The molecule has 0 spiro atoms. The summed E-state index contributed by atoms with van der Waals surface area (Å²) >= 11 is 0. The number of aliphatic imine (C=N–C) groups is 1. The van der Waals surface area contributed by atoms with Gasteiger partial charge in [0.1, 0.15) is 11.4 Å². The van der Waals surface area contributed by atoms with Crippen LogP contribution < -0.4 is 11.1 Å². The molecule has 23 heavy (non-hydrogen) atoms. The van der Waals surface area contributed by atoms with Crippen LogP contribution in [0.4, 0.5) is 10.1 Å². The molecule has 120 valence electrons. The molecule has 4 nitrogen and oxygen atoms in total. The van der Waals surface area contributed by atoms with Gasteiger partial charge in [-0.25, -0.2) is 9.38 Å². The van der Waals surface area contributed by atoms with E-state index in [1.165, 1.54) is 12.1 Å². The van der Waals surface area contributed by atoms with Crippen molar-refractivity contribution in [2.45, 2.75) is 13.5 Å². The molecule has 3 aromatic rings. The van der Waals surface area contributed by atoms with Crippen molar-refractivity contribution in [2.75, 3.05) is 5.32 Å². The summed E-state index contributed by atoms with van der Waals surface area (Å²) in [4.78, 5) is 4.28. The zero-order valence-electron chi connectivity index (χ0n) is 12.5. The normalized spacial score (nSPS) is 11.3. The van der Waals surface area contributed by atoms with Crippen molar-refractivity contribution in [1.82, 2.24) is 0 Å². The lowest BCUT2D eigenvalue weighted by atomic mass is 10.2. The number of nitrogens with one attached hydrogen (secondary N) is 1. The van der Waals surface area contributed by atoms with Gasteiger partial charge in [0.25, 0.3) is 0 Å². The Kier molecular flexibility index (Phi) is 5.39. The second-order valence-corrected chi connectivity index (χ2v) is 5.04. The van der Waals surface area contributed by atoms with Crippen LogP contribution in [0.2, 0.25) is 0 Å². The number of hydrogen-bond acceptors (Lipinski definition) is 2. The molecule has 3 N–H and O–H groups in total. The molecule has 1 aromatic heterocycles. The molecule has 1 heterocycles. The van der Waals surface area contributed by atoms with E-state index in [0.717, 1.165) is 22.1 Å². The van der Waals surface area contributed by atoms with Crippen molar-refractivity contribution in [1.29, 1.82) is 0 Å². The van der Waals surface area contributed by atoms with Crippen LogP contribution in [0.25, 0.3) is 11.0 Å². The highest BCUT2D eigenvalue weighted by atomic mass is 79.9. The molecule has 0 aliphatic carbocycles. The Bertz CT molecular complexity index is 845. The summed E-state index contributed by atoms with van der Waals surface area (Å²) in [5, 5.41) is 3.93. The molecule has 0 saturated carbocycles. The summed E-state index contributed by atoms with van der Waals surface area (Å²) in [5.74, 6) is -0.0827. The number of fused-ring (bicyclic) bond motifs is 1. The first-order valence-corrected chi connectivity index (χ1v) is 6.91. The summed E-state index contributed by atoms with van der Waals surface area (Å²) < 4.78 is 18.7. The monoisotopic (exact) mass is 377 g/mol. The predicted molar refractivity (Wildman–Crippen MR) is 96.6 cm³/mol. The Labute approximate surface area is 144 Å². The van der Waals surface area contributed by atoms with Gasteiger partial charge in [-0.1, -0.05) is 24.3 Å². The number of halogens is 2. The summed E-state index contributed by atoms with van der Waals surface area (Å²) in [6, 6.07) is 12.2. The minimum absolute atomic E-state index is 0. The largest absolute Gasteiger partial charge is 0.464 e. The molecule has 0 atom stereocenters. The number of benzene rings is 2. The molecular formula is C17H17BrFN3O. The van der Waals surface area contributed by atoms with E-state index in [1.54, 1.807) is 12.3 Å². The fourth-order valence-corrected chi connectivity index (χ4v) is 2.23. The maximum Gasteiger partial charge on any atom is 0.193 e. The van der Waals surface area contributed by atoms with Crippen LogP contribution in [-0.4, -0.2) is 5.96 Å². The molecule has 0 bridgehead atoms. The Morgan fingerprint density at radius 1 is 1.26 bits per heavy atom. The minimum Gasteiger partial charge on any atom is -0.464 e. The van der Waals surface area contributed by atoms with E-state index in [0.29, 0.717) is 12.2 Å². The van der Waals surface area contributed by atoms with Gasteiger partial charge in [0, 0.05) is 16.6 Å². The lowest BCUT2D eigenvalue weighted by molar-refractivity contribution is 0.610.